The van der Waals surface area contributed by atoms with Crippen LogP contribution in [0.25, 0.3) is 0 Å². The zero-order valence-corrected chi connectivity index (χ0v) is 10.0. The summed E-state index contributed by atoms with van der Waals surface area (Å²) in [7, 11) is 2.17. The van der Waals surface area contributed by atoms with E-state index in [9.17, 15) is 0 Å². The van der Waals surface area contributed by atoms with Gasteiger partial charge in [0.15, 0.2) is 0 Å². The fourth-order valence-corrected chi connectivity index (χ4v) is 2.56. The summed E-state index contributed by atoms with van der Waals surface area (Å²) >= 11 is 0. The van der Waals surface area contributed by atoms with Gasteiger partial charge in [-0.3, -0.25) is 0 Å². The van der Waals surface area contributed by atoms with Gasteiger partial charge in [-0.25, -0.2) is 0 Å². The number of benzene rings is 1. The van der Waals surface area contributed by atoms with Crippen LogP contribution >= 0.6 is 0 Å². The second-order valence-corrected chi connectivity index (χ2v) is 4.72. The highest BCUT2D eigenvalue weighted by Gasteiger charge is 2.20. The van der Waals surface area contributed by atoms with Crippen LogP contribution in [0.2, 0.25) is 0 Å². The molecule has 0 saturated heterocycles. The molecule has 0 aliphatic heterocycles. The minimum Gasteiger partial charge on any atom is -0.396 e. The molecule has 0 saturated carbocycles. The molecule has 1 aromatic rings. The Morgan fingerprint density at radius 1 is 1.31 bits per heavy atom. The first kappa shape index (κ1) is 11.6. The van der Waals surface area contributed by atoms with E-state index < -0.39 is 0 Å². The van der Waals surface area contributed by atoms with E-state index in [2.05, 4.69) is 36.2 Å². The van der Waals surface area contributed by atoms with Crippen molar-refractivity contribution in [1.82, 2.24) is 4.90 Å². The molecule has 0 radical (unpaired) electrons. The topological polar surface area (TPSA) is 23.5 Å². The Kier molecular flexibility index (Phi) is 3.97. The van der Waals surface area contributed by atoms with Crippen molar-refractivity contribution in [3.63, 3.8) is 0 Å². The van der Waals surface area contributed by atoms with Gasteiger partial charge in [0, 0.05) is 19.2 Å². The molecule has 1 atom stereocenters. The number of rotatable bonds is 4. The molecule has 88 valence electrons. The Bertz CT molecular complexity index is 337. The molecular formula is C14H21NO. The Morgan fingerprint density at radius 2 is 2.06 bits per heavy atom. The molecule has 0 fully saturated rings. The van der Waals surface area contributed by atoms with Gasteiger partial charge in [-0.1, -0.05) is 24.3 Å². The first-order valence-corrected chi connectivity index (χ1v) is 6.19. The maximum absolute atomic E-state index is 8.84. The van der Waals surface area contributed by atoms with Crippen LogP contribution in [0.4, 0.5) is 0 Å². The summed E-state index contributed by atoms with van der Waals surface area (Å²) in [4.78, 5) is 2.40. The van der Waals surface area contributed by atoms with Gasteiger partial charge < -0.3 is 10.0 Å². The zero-order valence-electron chi connectivity index (χ0n) is 10.0. The fourth-order valence-electron chi connectivity index (χ4n) is 2.56. The van der Waals surface area contributed by atoms with Gasteiger partial charge in [0.25, 0.3) is 0 Å². The number of aliphatic hydroxyl groups excluding tert-OH is 1. The molecule has 1 unspecified atom stereocenters. The summed E-state index contributed by atoms with van der Waals surface area (Å²) in [6.07, 6.45) is 4.50. The van der Waals surface area contributed by atoms with Crippen LogP contribution in [-0.2, 0) is 12.8 Å². The van der Waals surface area contributed by atoms with E-state index in [-0.39, 0.29) is 0 Å². The predicted octanol–water partition coefficient (Wildman–Crippen LogP) is 1.86. The van der Waals surface area contributed by atoms with E-state index >= 15 is 0 Å². The number of likely N-dealkylation sites (N-methyl/N-ethyl adjacent to an activating group) is 1. The van der Waals surface area contributed by atoms with Gasteiger partial charge >= 0.3 is 0 Å². The molecule has 1 aliphatic carbocycles. The molecule has 0 spiro atoms. The smallest absolute Gasteiger partial charge is 0.0443 e. The Labute approximate surface area is 97.9 Å². The Morgan fingerprint density at radius 3 is 2.81 bits per heavy atom. The van der Waals surface area contributed by atoms with Crippen LogP contribution in [-0.4, -0.2) is 36.2 Å². The highest BCUT2D eigenvalue weighted by atomic mass is 16.3. The molecule has 2 nitrogen and oxygen atoms in total. The van der Waals surface area contributed by atoms with Crippen molar-refractivity contribution in [2.45, 2.75) is 31.7 Å². The summed E-state index contributed by atoms with van der Waals surface area (Å²) in [5.41, 5.74) is 3.03. The third-order valence-electron chi connectivity index (χ3n) is 3.61. The molecule has 0 amide bonds. The first-order valence-electron chi connectivity index (χ1n) is 6.19. The second kappa shape index (κ2) is 5.46. The van der Waals surface area contributed by atoms with E-state index in [1.807, 2.05) is 0 Å². The molecule has 2 heteroatoms. The monoisotopic (exact) mass is 219 g/mol. The normalized spacial score (nSPS) is 19.8. The Balaban J connectivity index is 1.97. The molecular weight excluding hydrogens is 198 g/mol. The van der Waals surface area contributed by atoms with Crippen LogP contribution in [0.15, 0.2) is 24.3 Å². The zero-order chi connectivity index (χ0) is 11.4. The van der Waals surface area contributed by atoms with Crippen molar-refractivity contribution in [1.29, 1.82) is 0 Å². The van der Waals surface area contributed by atoms with E-state index in [0.29, 0.717) is 12.6 Å². The average molecular weight is 219 g/mol. The number of aliphatic hydroxyl groups is 1. The lowest BCUT2D eigenvalue weighted by Gasteiger charge is -2.32. The SMILES string of the molecule is CN(CCCO)C1CCc2ccccc2C1. The molecule has 16 heavy (non-hydrogen) atoms. The quantitative estimate of drug-likeness (QED) is 0.835. The Hall–Kier alpha value is -0.860. The minimum absolute atomic E-state index is 0.299. The van der Waals surface area contributed by atoms with Crippen molar-refractivity contribution in [2.75, 3.05) is 20.2 Å². The highest BCUT2D eigenvalue weighted by molar-refractivity contribution is 5.30. The van der Waals surface area contributed by atoms with Gasteiger partial charge in [-0.05, 0) is 43.9 Å². The largest absolute Gasteiger partial charge is 0.396 e. The second-order valence-electron chi connectivity index (χ2n) is 4.72. The average Bonchev–Trinajstić information content (AvgIpc) is 2.35. The molecule has 2 rings (SSSR count). The van der Waals surface area contributed by atoms with Crippen molar-refractivity contribution < 1.29 is 5.11 Å². The summed E-state index contributed by atoms with van der Waals surface area (Å²) in [6, 6.07) is 9.42. The summed E-state index contributed by atoms with van der Waals surface area (Å²) in [5, 5.41) is 8.84. The van der Waals surface area contributed by atoms with Crippen LogP contribution in [0.5, 0.6) is 0 Å². The predicted molar refractivity (Wildman–Crippen MR) is 66.6 cm³/mol. The van der Waals surface area contributed by atoms with Crippen LogP contribution in [0, 0.1) is 0 Å². The first-order chi connectivity index (χ1) is 7.81. The van der Waals surface area contributed by atoms with Crippen LogP contribution in [0.3, 0.4) is 0 Å². The standard InChI is InChI=1S/C14H21NO/c1-15(9-4-10-16)14-8-7-12-5-2-3-6-13(12)11-14/h2-3,5-6,14,16H,4,7-11H2,1H3. The molecule has 0 bridgehead atoms. The van der Waals surface area contributed by atoms with E-state index in [1.54, 1.807) is 0 Å². The fraction of sp³-hybridized carbons (Fsp3) is 0.571. The van der Waals surface area contributed by atoms with E-state index in [4.69, 9.17) is 5.11 Å². The van der Waals surface area contributed by atoms with E-state index in [0.717, 1.165) is 19.4 Å². The van der Waals surface area contributed by atoms with Crippen LogP contribution in [0.1, 0.15) is 24.0 Å². The molecule has 1 N–H and O–H groups in total. The lowest BCUT2D eigenvalue weighted by Crippen LogP contribution is -2.37. The van der Waals surface area contributed by atoms with Crippen LogP contribution < -0.4 is 0 Å². The number of fused-ring (bicyclic) bond motifs is 1. The molecule has 1 aliphatic rings. The van der Waals surface area contributed by atoms with Gasteiger partial charge in [0.1, 0.15) is 0 Å². The number of nitrogens with zero attached hydrogens (tertiary/aromatic N) is 1. The van der Waals surface area contributed by atoms with Crippen molar-refractivity contribution in [3.8, 4) is 0 Å². The van der Waals surface area contributed by atoms with Gasteiger partial charge in [-0.2, -0.15) is 0 Å². The minimum atomic E-state index is 0.299. The molecule has 0 heterocycles. The van der Waals surface area contributed by atoms with Crippen molar-refractivity contribution in [3.05, 3.63) is 35.4 Å². The highest BCUT2D eigenvalue weighted by Crippen LogP contribution is 2.23. The third kappa shape index (κ3) is 2.63. The number of hydrogen-bond acceptors (Lipinski definition) is 2. The molecule has 0 aromatic heterocycles. The summed E-state index contributed by atoms with van der Waals surface area (Å²) in [6.45, 7) is 1.30. The van der Waals surface area contributed by atoms with Gasteiger partial charge in [0.05, 0.1) is 0 Å². The number of hydrogen-bond donors (Lipinski definition) is 1. The summed E-state index contributed by atoms with van der Waals surface area (Å²) in [5.74, 6) is 0. The third-order valence-corrected chi connectivity index (χ3v) is 3.61. The molecule has 1 aromatic carbocycles. The maximum atomic E-state index is 8.84. The maximum Gasteiger partial charge on any atom is 0.0443 e. The van der Waals surface area contributed by atoms with Gasteiger partial charge in [0.2, 0.25) is 0 Å². The van der Waals surface area contributed by atoms with Gasteiger partial charge in [-0.15, -0.1) is 0 Å². The van der Waals surface area contributed by atoms with Crippen molar-refractivity contribution >= 4 is 0 Å². The lowest BCUT2D eigenvalue weighted by atomic mass is 9.87. The number of aryl methyl sites for hydroxylation is 1. The van der Waals surface area contributed by atoms with Crippen molar-refractivity contribution in [2.24, 2.45) is 0 Å². The lowest BCUT2D eigenvalue weighted by molar-refractivity contribution is 0.194. The summed E-state index contributed by atoms with van der Waals surface area (Å²) < 4.78 is 0. The van der Waals surface area contributed by atoms with E-state index in [1.165, 1.54) is 24.0 Å².